The van der Waals surface area contributed by atoms with E-state index in [1.54, 1.807) is 12.1 Å². The molecule has 0 aliphatic carbocycles. The highest BCUT2D eigenvalue weighted by atomic mass is 16.2. The van der Waals surface area contributed by atoms with E-state index in [9.17, 15) is 14.4 Å². The van der Waals surface area contributed by atoms with Crippen LogP contribution in [0, 0.1) is 13.8 Å². The van der Waals surface area contributed by atoms with Gasteiger partial charge in [-0.15, -0.1) is 0 Å². The average Bonchev–Trinajstić information content (AvgIpc) is 3.16. The number of aryl methyl sites for hydroxylation is 2. The van der Waals surface area contributed by atoms with Gasteiger partial charge in [-0.25, -0.2) is 0 Å². The molecule has 1 aliphatic heterocycles. The summed E-state index contributed by atoms with van der Waals surface area (Å²) in [7, 11) is 0. The summed E-state index contributed by atoms with van der Waals surface area (Å²) in [6.07, 6.45) is 0. The van der Waals surface area contributed by atoms with E-state index in [1.165, 1.54) is 4.90 Å². The molecule has 3 N–H and O–H groups in total. The monoisotopic (exact) mass is 404 g/mol. The van der Waals surface area contributed by atoms with Crippen LogP contribution in [0.15, 0.2) is 42.5 Å². The van der Waals surface area contributed by atoms with Crippen molar-refractivity contribution in [2.75, 3.05) is 19.6 Å². The van der Waals surface area contributed by atoms with Gasteiger partial charge >= 0.3 is 0 Å². The van der Waals surface area contributed by atoms with Gasteiger partial charge in [0.2, 0.25) is 5.91 Å². The van der Waals surface area contributed by atoms with E-state index in [0.29, 0.717) is 30.9 Å². The number of aromatic amines is 1. The second kappa shape index (κ2) is 8.02. The van der Waals surface area contributed by atoms with Crippen LogP contribution in [-0.4, -0.2) is 47.2 Å². The van der Waals surface area contributed by atoms with E-state index < -0.39 is 0 Å². The van der Waals surface area contributed by atoms with Crippen LogP contribution >= 0.6 is 0 Å². The molecule has 1 fully saturated rings. The van der Waals surface area contributed by atoms with E-state index in [1.807, 2.05) is 38.1 Å². The third-order valence-corrected chi connectivity index (χ3v) is 5.31. The molecule has 154 valence electrons. The molecule has 1 aromatic heterocycles. The lowest BCUT2D eigenvalue weighted by Gasteiger charge is -2.26. The van der Waals surface area contributed by atoms with Crippen LogP contribution < -0.4 is 10.6 Å². The van der Waals surface area contributed by atoms with Crippen molar-refractivity contribution in [1.29, 1.82) is 0 Å². The second-order valence-electron chi connectivity index (χ2n) is 7.68. The number of rotatable bonds is 4. The molecule has 2 heterocycles. The van der Waals surface area contributed by atoms with Gasteiger partial charge in [-0.2, -0.15) is 0 Å². The molecule has 0 radical (unpaired) electrons. The number of aromatic nitrogens is 1. The summed E-state index contributed by atoms with van der Waals surface area (Å²) < 4.78 is 0. The molecule has 2 aromatic carbocycles. The first-order valence-corrected chi connectivity index (χ1v) is 9.94. The highest BCUT2D eigenvalue weighted by molar-refractivity contribution is 5.99. The number of benzene rings is 2. The van der Waals surface area contributed by atoms with Gasteiger partial charge in [0.05, 0.1) is 6.54 Å². The fourth-order valence-electron chi connectivity index (χ4n) is 3.76. The molecular formula is C23H24N4O3. The second-order valence-corrected chi connectivity index (χ2v) is 7.68. The van der Waals surface area contributed by atoms with Crippen LogP contribution in [0.25, 0.3) is 10.9 Å². The molecule has 7 heteroatoms. The number of H-pyrrole nitrogens is 1. The predicted molar refractivity (Wildman–Crippen MR) is 114 cm³/mol. The lowest BCUT2D eigenvalue weighted by molar-refractivity contribution is -0.123. The van der Waals surface area contributed by atoms with Gasteiger partial charge in [-0.1, -0.05) is 18.2 Å². The van der Waals surface area contributed by atoms with Gasteiger partial charge in [-0.3, -0.25) is 14.4 Å². The van der Waals surface area contributed by atoms with E-state index in [-0.39, 0.29) is 24.3 Å². The Labute approximate surface area is 174 Å². The van der Waals surface area contributed by atoms with E-state index >= 15 is 0 Å². The largest absolute Gasteiger partial charge is 0.353 e. The molecular weight excluding hydrogens is 380 g/mol. The maximum atomic E-state index is 12.6. The van der Waals surface area contributed by atoms with Crippen molar-refractivity contribution in [3.63, 3.8) is 0 Å². The topological polar surface area (TPSA) is 94.3 Å². The zero-order chi connectivity index (χ0) is 21.3. The fourth-order valence-corrected chi connectivity index (χ4v) is 3.76. The molecule has 7 nitrogen and oxygen atoms in total. The Bertz CT molecular complexity index is 1130. The van der Waals surface area contributed by atoms with Gasteiger partial charge < -0.3 is 20.5 Å². The van der Waals surface area contributed by atoms with Gasteiger partial charge in [0.15, 0.2) is 0 Å². The standard InChI is InChI=1S/C23H24N4O3/c1-14-9-15(2)18-11-20(26-19(18)10-14)22(29)25-12-16-3-5-17(6-4-16)23(30)27-8-7-24-21(28)13-27/h3-6,9-11,26H,7-8,12-13H2,1-2H3,(H,24,28)(H,25,29). The molecule has 4 rings (SSSR count). The first-order chi connectivity index (χ1) is 14.4. The van der Waals surface area contributed by atoms with Crippen LogP contribution in [0.4, 0.5) is 0 Å². The minimum atomic E-state index is -0.178. The van der Waals surface area contributed by atoms with Crippen LogP contribution in [0.5, 0.6) is 0 Å². The number of amides is 3. The molecule has 0 atom stereocenters. The van der Waals surface area contributed by atoms with Gasteiger partial charge in [0, 0.05) is 36.1 Å². The number of carbonyl (C=O) groups is 3. The van der Waals surface area contributed by atoms with Gasteiger partial charge in [0.1, 0.15) is 5.69 Å². The highest BCUT2D eigenvalue weighted by Gasteiger charge is 2.22. The molecule has 0 saturated carbocycles. The summed E-state index contributed by atoms with van der Waals surface area (Å²) in [5.41, 5.74) is 5.17. The van der Waals surface area contributed by atoms with Crippen LogP contribution in [0.2, 0.25) is 0 Å². The third kappa shape index (κ3) is 4.05. The molecule has 1 aliphatic rings. The Kier molecular flexibility index (Phi) is 5.27. The molecule has 3 amide bonds. The number of nitrogens with zero attached hydrogens (tertiary/aromatic N) is 1. The minimum Gasteiger partial charge on any atom is -0.353 e. The molecule has 30 heavy (non-hydrogen) atoms. The molecule has 3 aromatic rings. The number of hydrogen-bond acceptors (Lipinski definition) is 3. The summed E-state index contributed by atoms with van der Waals surface area (Å²) in [6.45, 7) is 5.48. The van der Waals surface area contributed by atoms with E-state index in [0.717, 1.165) is 27.6 Å². The van der Waals surface area contributed by atoms with Gasteiger partial charge in [0.25, 0.3) is 11.8 Å². The molecule has 0 unspecified atom stereocenters. The Morgan fingerprint density at radius 2 is 1.87 bits per heavy atom. The highest BCUT2D eigenvalue weighted by Crippen LogP contribution is 2.21. The van der Waals surface area contributed by atoms with Crippen molar-refractivity contribution in [3.05, 3.63) is 70.4 Å². The van der Waals surface area contributed by atoms with E-state index in [2.05, 4.69) is 21.7 Å². The SMILES string of the molecule is Cc1cc(C)c2cc(C(=O)NCc3ccc(C(=O)N4CCNC(=O)C4)cc3)[nH]c2c1. The zero-order valence-electron chi connectivity index (χ0n) is 17.0. The average molecular weight is 404 g/mol. The number of carbonyl (C=O) groups excluding carboxylic acids is 3. The Morgan fingerprint density at radius 3 is 2.60 bits per heavy atom. The number of hydrogen-bond donors (Lipinski definition) is 3. The zero-order valence-corrected chi connectivity index (χ0v) is 17.0. The lowest BCUT2D eigenvalue weighted by atomic mass is 10.1. The normalized spacial score (nSPS) is 13.9. The molecule has 1 saturated heterocycles. The Morgan fingerprint density at radius 1 is 1.10 bits per heavy atom. The maximum absolute atomic E-state index is 12.6. The maximum Gasteiger partial charge on any atom is 0.267 e. The predicted octanol–water partition coefficient (Wildman–Crippen LogP) is 2.29. The first-order valence-electron chi connectivity index (χ1n) is 9.94. The van der Waals surface area contributed by atoms with Crippen molar-refractivity contribution >= 4 is 28.6 Å². The van der Waals surface area contributed by atoms with Gasteiger partial charge in [-0.05, 0) is 54.8 Å². The summed E-state index contributed by atoms with van der Waals surface area (Å²) >= 11 is 0. The fraction of sp³-hybridized carbons (Fsp3) is 0.261. The van der Waals surface area contributed by atoms with Crippen molar-refractivity contribution in [2.45, 2.75) is 20.4 Å². The number of nitrogens with one attached hydrogen (secondary N) is 3. The smallest absolute Gasteiger partial charge is 0.267 e. The summed E-state index contributed by atoms with van der Waals surface area (Å²) in [5.74, 6) is -0.483. The van der Waals surface area contributed by atoms with Crippen LogP contribution in [0.1, 0.15) is 37.5 Å². The quantitative estimate of drug-likeness (QED) is 0.623. The van der Waals surface area contributed by atoms with E-state index in [4.69, 9.17) is 0 Å². The third-order valence-electron chi connectivity index (χ3n) is 5.31. The Balaban J connectivity index is 1.39. The van der Waals surface area contributed by atoms with Crippen molar-refractivity contribution in [2.24, 2.45) is 0 Å². The summed E-state index contributed by atoms with van der Waals surface area (Å²) in [6, 6.07) is 13.1. The van der Waals surface area contributed by atoms with Crippen molar-refractivity contribution in [3.8, 4) is 0 Å². The Hall–Kier alpha value is -3.61. The van der Waals surface area contributed by atoms with Crippen LogP contribution in [-0.2, 0) is 11.3 Å². The number of piperazine rings is 1. The lowest BCUT2D eigenvalue weighted by Crippen LogP contribution is -2.49. The number of fused-ring (bicyclic) bond motifs is 1. The molecule has 0 bridgehead atoms. The van der Waals surface area contributed by atoms with Crippen molar-refractivity contribution in [1.82, 2.24) is 20.5 Å². The first kappa shape index (κ1) is 19.7. The summed E-state index contributed by atoms with van der Waals surface area (Å²) in [5, 5.41) is 6.66. The molecule has 0 spiro atoms. The van der Waals surface area contributed by atoms with Crippen molar-refractivity contribution < 1.29 is 14.4 Å². The van der Waals surface area contributed by atoms with Crippen LogP contribution in [0.3, 0.4) is 0 Å². The summed E-state index contributed by atoms with van der Waals surface area (Å²) in [4.78, 5) is 41.3. The minimum absolute atomic E-state index is 0.0835.